The van der Waals surface area contributed by atoms with E-state index in [1.165, 1.54) is 6.42 Å². The smallest absolute Gasteiger partial charge is 0.210 e. The molecule has 0 aliphatic carbocycles. The summed E-state index contributed by atoms with van der Waals surface area (Å²) in [6.45, 7) is 4.89. The van der Waals surface area contributed by atoms with Gasteiger partial charge in [0.2, 0.25) is 6.29 Å². The second kappa shape index (κ2) is 5.05. The van der Waals surface area contributed by atoms with Crippen LogP contribution in [0.4, 0.5) is 0 Å². The van der Waals surface area contributed by atoms with Gasteiger partial charge < -0.3 is 9.47 Å². The molecule has 1 atom stereocenters. The number of rotatable bonds is 1. The fourth-order valence-electron chi connectivity index (χ4n) is 1.02. The highest BCUT2D eigenvalue weighted by molar-refractivity contribution is 4.94. The van der Waals surface area contributed by atoms with E-state index in [2.05, 4.69) is 12.0 Å². The maximum Gasteiger partial charge on any atom is 0.210 e. The highest BCUT2D eigenvalue weighted by Gasteiger charge is 2.12. The minimum atomic E-state index is -0.0787. The Morgan fingerprint density at radius 3 is 2.83 bits per heavy atom. The topological polar surface area (TPSA) is 18.5 Å². The molecular weight excluding hydrogens is 152 g/mol. The van der Waals surface area contributed by atoms with Gasteiger partial charge in [-0.05, 0) is 12.8 Å². The van der Waals surface area contributed by atoms with Crippen LogP contribution >= 0.6 is 0 Å². The maximum absolute atomic E-state index is 5.34. The first-order chi connectivity index (χ1) is 5.79. The van der Waals surface area contributed by atoms with Gasteiger partial charge >= 0.3 is 0 Å². The van der Waals surface area contributed by atoms with Crippen molar-refractivity contribution in [1.29, 1.82) is 0 Å². The second-order valence-electron chi connectivity index (χ2n) is 3.32. The Morgan fingerprint density at radius 1 is 1.42 bits per heavy atom. The molecule has 0 aromatic rings. The normalized spacial score (nSPS) is 23.1. The molecule has 1 rings (SSSR count). The predicted molar refractivity (Wildman–Crippen MR) is 47.3 cm³/mol. The van der Waals surface area contributed by atoms with Gasteiger partial charge in [-0.2, -0.15) is 0 Å². The SMILES string of the molecule is CC(C)C#COC1CCCCO1. The van der Waals surface area contributed by atoms with Crippen LogP contribution in [0, 0.1) is 17.9 Å². The van der Waals surface area contributed by atoms with E-state index in [0.717, 1.165) is 19.4 Å². The minimum absolute atomic E-state index is 0.0787. The predicted octanol–water partition coefficient (Wildman–Crippen LogP) is 2.15. The van der Waals surface area contributed by atoms with E-state index in [9.17, 15) is 0 Å². The second-order valence-corrected chi connectivity index (χ2v) is 3.32. The van der Waals surface area contributed by atoms with Crippen molar-refractivity contribution in [1.82, 2.24) is 0 Å². The van der Waals surface area contributed by atoms with Crippen molar-refractivity contribution in [2.45, 2.75) is 39.4 Å². The van der Waals surface area contributed by atoms with Gasteiger partial charge in [0, 0.05) is 12.3 Å². The Bertz CT molecular complexity index is 170. The molecule has 0 saturated carbocycles. The summed E-state index contributed by atoms with van der Waals surface area (Å²) in [5, 5.41) is 0. The molecule has 1 aliphatic rings. The first kappa shape index (κ1) is 9.41. The highest BCUT2D eigenvalue weighted by Crippen LogP contribution is 2.12. The molecule has 1 unspecified atom stereocenters. The third-order valence-electron chi connectivity index (χ3n) is 1.68. The fourth-order valence-corrected chi connectivity index (χ4v) is 1.02. The standard InChI is InChI=1S/C10H16O2/c1-9(2)6-8-12-10-5-3-4-7-11-10/h9-10H,3-5,7H2,1-2H3. The van der Waals surface area contributed by atoms with Crippen LogP contribution in [-0.4, -0.2) is 12.9 Å². The molecule has 1 aliphatic heterocycles. The summed E-state index contributed by atoms with van der Waals surface area (Å²) in [6.07, 6.45) is 5.92. The third-order valence-corrected chi connectivity index (χ3v) is 1.68. The molecule has 0 N–H and O–H groups in total. The van der Waals surface area contributed by atoms with E-state index >= 15 is 0 Å². The Balaban J connectivity index is 2.18. The molecule has 68 valence electrons. The molecule has 0 aromatic heterocycles. The van der Waals surface area contributed by atoms with Gasteiger partial charge in [0.25, 0.3) is 0 Å². The van der Waals surface area contributed by atoms with Crippen LogP contribution in [0.3, 0.4) is 0 Å². The molecule has 1 fully saturated rings. The van der Waals surface area contributed by atoms with Crippen molar-refractivity contribution in [3.63, 3.8) is 0 Å². The van der Waals surface area contributed by atoms with Gasteiger partial charge in [-0.1, -0.05) is 19.8 Å². The summed E-state index contributed by atoms with van der Waals surface area (Å²) in [7, 11) is 0. The van der Waals surface area contributed by atoms with Gasteiger partial charge in [-0.25, -0.2) is 0 Å². The van der Waals surface area contributed by atoms with Crippen LogP contribution in [0.2, 0.25) is 0 Å². The monoisotopic (exact) mass is 168 g/mol. The van der Waals surface area contributed by atoms with Crippen LogP contribution in [0.25, 0.3) is 0 Å². The van der Waals surface area contributed by atoms with E-state index in [1.54, 1.807) is 0 Å². The van der Waals surface area contributed by atoms with Crippen LogP contribution in [-0.2, 0) is 9.47 Å². The lowest BCUT2D eigenvalue weighted by Gasteiger charge is -2.19. The van der Waals surface area contributed by atoms with Crippen LogP contribution in [0.15, 0.2) is 0 Å². The Labute approximate surface area is 74.2 Å². The molecule has 2 nitrogen and oxygen atoms in total. The lowest BCUT2D eigenvalue weighted by molar-refractivity contribution is -0.121. The Kier molecular flexibility index (Phi) is 3.96. The van der Waals surface area contributed by atoms with E-state index in [0.29, 0.717) is 5.92 Å². The van der Waals surface area contributed by atoms with Crippen molar-refractivity contribution in [2.75, 3.05) is 6.61 Å². The molecule has 0 aromatic carbocycles. The molecular formula is C10H16O2. The molecule has 12 heavy (non-hydrogen) atoms. The van der Waals surface area contributed by atoms with Gasteiger partial charge in [-0.15, -0.1) is 0 Å². The van der Waals surface area contributed by atoms with E-state index < -0.39 is 0 Å². The van der Waals surface area contributed by atoms with E-state index in [1.807, 2.05) is 13.8 Å². The van der Waals surface area contributed by atoms with Gasteiger partial charge in [-0.3, -0.25) is 0 Å². The quantitative estimate of drug-likeness (QED) is 0.558. The van der Waals surface area contributed by atoms with Gasteiger partial charge in [0.05, 0.1) is 6.61 Å². The molecule has 2 heteroatoms. The average Bonchev–Trinajstić information content (AvgIpc) is 2.05. The van der Waals surface area contributed by atoms with Crippen molar-refractivity contribution < 1.29 is 9.47 Å². The largest absolute Gasteiger partial charge is 0.414 e. The first-order valence-electron chi connectivity index (χ1n) is 4.57. The summed E-state index contributed by atoms with van der Waals surface area (Å²) in [4.78, 5) is 0. The first-order valence-corrected chi connectivity index (χ1v) is 4.57. The summed E-state index contributed by atoms with van der Waals surface area (Å²) in [5.74, 6) is 3.31. The van der Waals surface area contributed by atoms with Crippen LogP contribution in [0.1, 0.15) is 33.1 Å². The zero-order valence-electron chi connectivity index (χ0n) is 7.80. The Hall–Kier alpha value is -0.680. The molecule has 0 bridgehead atoms. The zero-order chi connectivity index (χ0) is 8.81. The van der Waals surface area contributed by atoms with Crippen LogP contribution < -0.4 is 0 Å². The van der Waals surface area contributed by atoms with Crippen molar-refractivity contribution in [3.05, 3.63) is 0 Å². The lowest BCUT2D eigenvalue weighted by atomic mass is 10.2. The maximum atomic E-state index is 5.34. The van der Waals surface area contributed by atoms with E-state index in [4.69, 9.17) is 9.47 Å². The number of hydrogen-bond donors (Lipinski definition) is 0. The van der Waals surface area contributed by atoms with Crippen molar-refractivity contribution in [3.8, 4) is 12.0 Å². The van der Waals surface area contributed by atoms with Crippen molar-refractivity contribution in [2.24, 2.45) is 5.92 Å². The lowest BCUT2D eigenvalue weighted by Crippen LogP contribution is -2.20. The van der Waals surface area contributed by atoms with Gasteiger partial charge in [0.15, 0.2) is 0 Å². The molecule has 0 spiro atoms. The fraction of sp³-hybridized carbons (Fsp3) is 0.800. The molecule has 1 heterocycles. The summed E-state index contributed by atoms with van der Waals surface area (Å²) in [6, 6.07) is 0. The van der Waals surface area contributed by atoms with E-state index in [-0.39, 0.29) is 6.29 Å². The van der Waals surface area contributed by atoms with Crippen molar-refractivity contribution >= 4 is 0 Å². The molecule has 0 amide bonds. The van der Waals surface area contributed by atoms with Gasteiger partial charge in [0.1, 0.15) is 6.11 Å². The average molecular weight is 168 g/mol. The van der Waals surface area contributed by atoms with Crippen LogP contribution in [0.5, 0.6) is 0 Å². The molecule has 1 saturated heterocycles. The summed E-state index contributed by atoms with van der Waals surface area (Å²) in [5.41, 5.74) is 0. The third kappa shape index (κ3) is 3.64. The number of ether oxygens (including phenoxy) is 2. The number of hydrogen-bond acceptors (Lipinski definition) is 2. The highest BCUT2D eigenvalue weighted by atomic mass is 16.7. The molecule has 0 radical (unpaired) electrons. The summed E-state index contributed by atoms with van der Waals surface area (Å²) < 4.78 is 10.5. The minimum Gasteiger partial charge on any atom is -0.414 e. The summed E-state index contributed by atoms with van der Waals surface area (Å²) >= 11 is 0. The zero-order valence-corrected chi connectivity index (χ0v) is 7.80. The Morgan fingerprint density at radius 2 is 2.25 bits per heavy atom.